The van der Waals surface area contributed by atoms with Crippen LogP contribution in [0.5, 0.6) is 0 Å². The molecule has 0 bridgehead atoms. The van der Waals surface area contributed by atoms with Crippen LogP contribution in [0, 0.1) is 16.7 Å². The van der Waals surface area contributed by atoms with Gasteiger partial charge in [-0.05, 0) is 43.7 Å². The molecule has 2 aliphatic carbocycles. The summed E-state index contributed by atoms with van der Waals surface area (Å²) in [6.45, 7) is 0.927. The third-order valence-electron chi connectivity index (χ3n) is 4.80. The number of aliphatic hydroxyl groups excluding tert-OH is 1. The van der Waals surface area contributed by atoms with E-state index in [9.17, 15) is 10.4 Å². The number of aryl methyl sites for hydroxylation is 2. The van der Waals surface area contributed by atoms with Crippen molar-refractivity contribution in [1.29, 1.82) is 5.26 Å². The molecule has 2 aliphatic rings. The first-order chi connectivity index (χ1) is 9.76. The number of hydrogen-bond donors (Lipinski definition) is 2. The predicted molar refractivity (Wildman–Crippen MR) is 77.5 cm³/mol. The van der Waals surface area contributed by atoms with E-state index in [1.54, 1.807) is 0 Å². The van der Waals surface area contributed by atoms with E-state index < -0.39 is 0 Å². The van der Waals surface area contributed by atoms with Crippen molar-refractivity contribution in [2.45, 2.75) is 44.9 Å². The van der Waals surface area contributed by atoms with Crippen molar-refractivity contribution in [3.05, 3.63) is 22.9 Å². The van der Waals surface area contributed by atoms with E-state index in [1.165, 1.54) is 18.4 Å². The second-order valence-electron chi connectivity index (χ2n) is 6.17. The predicted octanol–water partition coefficient (Wildman–Crippen LogP) is 2.41. The number of fused-ring (bicyclic) bond motifs is 1. The number of pyridine rings is 1. The topological polar surface area (TPSA) is 68.9 Å². The minimum atomic E-state index is -0.0204. The van der Waals surface area contributed by atoms with Crippen LogP contribution >= 0.6 is 0 Å². The number of rotatable bonds is 4. The molecule has 0 aromatic carbocycles. The molecule has 1 aromatic heterocycles. The van der Waals surface area contributed by atoms with Crippen LogP contribution in [-0.4, -0.2) is 23.2 Å². The first kappa shape index (κ1) is 13.4. The fraction of sp³-hybridized carbons (Fsp3) is 0.625. The molecule has 106 valence electrons. The number of nitriles is 1. The van der Waals surface area contributed by atoms with E-state index in [1.807, 2.05) is 6.07 Å². The van der Waals surface area contributed by atoms with Crippen LogP contribution in [0.4, 0.5) is 5.82 Å². The summed E-state index contributed by atoms with van der Waals surface area (Å²) < 4.78 is 0. The molecule has 4 heteroatoms. The van der Waals surface area contributed by atoms with E-state index in [2.05, 4.69) is 16.4 Å². The van der Waals surface area contributed by atoms with Crippen molar-refractivity contribution in [2.24, 2.45) is 5.41 Å². The average molecular weight is 271 g/mol. The summed E-state index contributed by atoms with van der Waals surface area (Å²) in [5.41, 5.74) is 2.98. The number of nitrogens with zero attached hydrogens (tertiary/aromatic N) is 2. The molecular formula is C16H21N3O. The van der Waals surface area contributed by atoms with Gasteiger partial charge in [-0.15, -0.1) is 0 Å². The minimum Gasteiger partial charge on any atom is -0.396 e. The van der Waals surface area contributed by atoms with Crippen LogP contribution in [0.3, 0.4) is 0 Å². The fourth-order valence-corrected chi connectivity index (χ4v) is 3.48. The minimum absolute atomic E-state index is 0.0204. The van der Waals surface area contributed by atoms with Gasteiger partial charge in [-0.1, -0.05) is 12.8 Å². The normalized spacial score (nSPS) is 19.6. The number of nitrogens with one attached hydrogen (secondary N) is 1. The van der Waals surface area contributed by atoms with Crippen LogP contribution in [0.2, 0.25) is 0 Å². The Labute approximate surface area is 119 Å². The van der Waals surface area contributed by atoms with Gasteiger partial charge in [0.25, 0.3) is 0 Å². The number of aliphatic hydroxyl groups is 1. The molecule has 2 N–H and O–H groups in total. The maximum atomic E-state index is 9.65. The van der Waals surface area contributed by atoms with Gasteiger partial charge in [-0.3, -0.25) is 0 Å². The smallest absolute Gasteiger partial charge is 0.144 e. The van der Waals surface area contributed by atoms with Crippen molar-refractivity contribution < 1.29 is 5.11 Å². The summed E-state index contributed by atoms with van der Waals surface area (Å²) in [6.07, 6.45) is 7.68. The van der Waals surface area contributed by atoms with Crippen LogP contribution in [0.15, 0.2) is 6.07 Å². The standard InChI is InChI=1S/C16H21N3O/c17-9-13-8-12-4-3-5-14(12)19-15(13)18-10-16(11-20)6-1-2-7-16/h8,20H,1-7,10-11H2,(H,18,19). The van der Waals surface area contributed by atoms with Gasteiger partial charge >= 0.3 is 0 Å². The molecule has 0 radical (unpaired) electrons. The molecule has 1 aromatic rings. The number of aromatic nitrogens is 1. The molecule has 0 spiro atoms. The van der Waals surface area contributed by atoms with Gasteiger partial charge in [0.1, 0.15) is 11.9 Å². The molecule has 1 heterocycles. The summed E-state index contributed by atoms with van der Waals surface area (Å²) in [6, 6.07) is 4.23. The van der Waals surface area contributed by atoms with Gasteiger partial charge in [0.2, 0.25) is 0 Å². The number of hydrogen-bond acceptors (Lipinski definition) is 4. The van der Waals surface area contributed by atoms with Crippen molar-refractivity contribution in [3.63, 3.8) is 0 Å². The highest BCUT2D eigenvalue weighted by molar-refractivity contribution is 5.55. The third kappa shape index (κ3) is 2.38. The highest BCUT2D eigenvalue weighted by Gasteiger charge is 2.33. The second kappa shape index (κ2) is 5.41. The maximum absolute atomic E-state index is 9.65. The van der Waals surface area contributed by atoms with Gasteiger partial charge in [0.05, 0.1) is 12.2 Å². The molecule has 0 atom stereocenters. The van der Waals surface area contributed by atoms with Crippen LogP contribution in [0.25, 0.3) is 0 Å². The van der Waals surface area contributed by atoms with Crippen molar-refractivity contribution in [1.82, 2.24) is 4.98 Å². The molecule has 3 rings (SSSR count). The zero-order valence-corrected chi connectivity index (χ0v) is 11.8. The summed E-state index contributed by atoms with van der Waals surface area (Å²) in [5.74, 6) is 0.702. The molecular weight excluding hydrogens is 250 g/mol. The Balaban J connectivity index is 1.79. The van der Waals surface area contributed by atoms with Crippen molar-refractivity contribution in [2.75, 3.05) is 18.5 Å². The first-order valence-electron chi connectivity index (χ1n) is 7.54. The zero-order chi connectivity index (χ0) is 14.0. The SMILES string of the molecule is N#Cc1cc2c(nc1NCC1(CO)CCCC1)CCC2. The summed E-state index contributed by atoms with van der Waals surface area (Å²) in [4.78, 5) is 4.64. The molecule has 0 saturated heterocycles. The van der Waals surface area contributed by atoms with E-state index >= 15 is 0 Å². The lowest BCUT2D eigenvalue weighted by molar-refractivity contribution is 0.142. The highest BCUT2D eigenvalue weighted by Crippen LogP contribution is 2.38. The van der Waals surface area contributed by atoms with Gasteiger partial charge in [-0.25, -0.2) is 4.98 Å². The van der Waals surface area contributed by atoms with Gasteiger partial charge in [0.15, 0.2) is 0 Å². The summed E-state index contributed by atoms with van der Waals surface area (Å²) in [7, 11) is 0. The van der Waals surface area contributed by atoms with Crippen LogP contribution < -0.4 is 5.32 Å². The van der Waals surface area contributed by atoms with E-state index in [0.717, 1.165) is 37.8 Å². The molecule has 1 saturated carbocycles. The zero-order valence-electron chi connectivity index (χ0n) is 11.8. The van der Waals surface area contributed by atoms with Gasteiger partial charge < -0.3 is 10.4 Å². The van der Waals surface area contributed by atoms with Crippen molar-refractivity contribution >= 4 is 5.82 Å². The lowest BCUT2D eigenvalue weighted by Crippen LogP contribution is -2.31. The molecule has 0 aliphatic heterocycles. The highest BCUT2D eigenvalue weighted by atomic mass is 16.3. The summed E-state index contributed by atoms with van der Waals surface area (Å²) >= 11 is 0. The van der Waals surface area contributed by atoms with Crippen LogP contribution in [-0.2, 0) is 12.8 Å². The molecule has 1 fully saturated rings. The Morgan fingerprint density at radius 1 is 1.30 bits per heavy atom. The lowest BCUT2D eigenvalue weighted by atomic mass is 9.87. The Morgan fingerprint density at radius 2 is 2.10 bits per heavy atom. The van der Waals surface area contributed by atoms with Gasteiger partial charge in [-0.2, -0.15) is 5.26 Å². The Hall–Kier alpha value is -1.60. The van der Waals surface area contributed by atoms with Crippen LogP contribution in [0.1, 0.15) is 48.9 Å². The fourth-order valence-electron chi connectivity index (χ4n) is 3.48. The number of anilines is 1. The quantitative estimate of drug-likeness (QED) is 0.882. The first-order valence-corrected chi connectivity index (χ1v) is 7.54. The molecule has 20 heavy (non-hydrogen) atoms. The second-order valence-corrected chi connectivity index (χ2v) is 6.17. The van der Waals surface area contributed by atoms with E-state index in [0.29, 0.717) is 17.9 Å². The maximum Gasteiger partial charge on any atom is 0.144 e. The van der Waals surface area contributed by atoms with E-state index in [4.69, 9.17) is 0 Å². The van der Waals surface area contributed by atoms with E-state index in [-0.39, 0.29) is 12.0 Å². The Bertz CT molecular complexity index is 541. The molecule has 0 unspecified atom stereocenters. The molecule has 0 amide bonds. The van der Waals surface area contributed by atoms with Crippen molar-refractivity contribution in [3.8, 4) is 6.07 Å². The lowest BCUT2D eigenvalue weighted by Gasteiger charge is -2.27. The average Bonchev–Trinajstić information content (AvgIpc) is 3.13. The van der Waals surface area contributed by atoms with Gasteiger partial charge in [0, 0.05) is 17.7 Å². The Kier molecular flexibility index (Phi) is 3.62. The largest absolute Gasteiger partial charge is 0.396 e. The third-order valence-corrected chi connectivity index (χ3v) is 4.80. The Morgan fingerprint density at radius 3 is 2.80 bits per heavy atom. The summed E-state index contributed by atoms with van der Waals surface area (Å²) in [5, 5.41) is 22.3. The monoisotopic (exact) mass is 271 g/mol. The molecule has 4 nitrogen and oxygen atoms in total.